The molecular weight excluding hydrogens is 404 g/mol. The van der Waals surface area contributed by atoms with E-state index in [-0.39, 0.29) is 22.5 Å². The minimum absolute atomic E-state index is 0.00103. The predicted octanol–water partition coefficient (Wildman–Crippen LogP) is 6.82. The molecule has 0 radical (unpaired) electrons. The molecule has 2 heterocycles. The van der Waals surface area contributed by atoms with Crippen molar-refractivity contribution >= 4 is 17.1 Å². The Kier molecular flexibility index (Phi) is 5.25. The number of phenols is 1. The third-order valence-corrected chi connectivity index (χ3v) is 6.83. The summed E-state index contributed by atoms with van der Waals surface area (Å²) in [6.45, 7) is 12.6. The van der Waals surface area contributed by atoms with Gasteiger partial charge in [-0.3, -0.25) is 4.79 Å². The van der Waals surface area contributed by atoms with Gasteiger partial charge in [-0.15, -0.1) is 11.3 Å². The topological polar surface area (TPSA) is 46.5 Å². The van der Waals surface area contributed by atoms with E-state index in [1.807, 2.05) is 41.8 Å². The summed E-state index contributed by atoms with van der Waals surface area (Å²) in [5.74, 6) is 0.870. The average Bonchev–Trinajstić information content (AvgIpc) is 3.34. The summed E-state index contributed by atoms with van der Waals surface area (Å²) >= 11 is 1.44. The molecule has 4 heteroatoms. The van der Waals surface area contributed by atoms with E-state index in [0.717, 1.165) is 28.0 Å². The van der Waals surface area contributed by atoms with Gasteiger partial charge in [0.15, 0.2) is 6.10 Å². The van der Waals surface area contributed by atoms with Crippen molar-refractivity contribution in [2.45, 2.75) is 64.4 Å². The van der Waals surface area contributed by atoms with Gasteiger partial charge in [-0.05, 0) is 45.0 Å². The summed E-state index contributed by atoms with van der Waals surface area (Å²) in [6, 6.07) is 15.8. The first-order valence-electron chi connectivity index (χ1n) is 10.7. The van der Waals surface area contributed by atoms with Crippen LogP contribution >= 0.6 is 11.3 Å². The maximum absolute atomic E-state index is 13.4. The van der Waals surface area contributed by atoms with Gasteiger partial charge in [0.25, 0.3) is 0 Å². The number of aromatic hydroxyl groups is 1. The van der Waals surface area contributed by atoms with Crippen LogP contribution in [-0.2, 0) is 10.8 Å². The Hall–Kier alpha value is -2.59. The van der Waals surface area contributed by atoms with Crippen molar-refractivity contribution in [3.63, 3.8) is 0 Å². The third-order valence-electron chi connectivity index (χ3n) is 5.94. The molecule has 1 N–H and O–H groups in total. The molecule has 0 fully saturated rings. The molecular formula is C27H30O3S. The second-order valence-corrected chi connectivity index (χ2v) is 11.3. The number of hydrogen-bond acceptors (Lipinski definition) is 4. The van der Waals surface area contributed by atoms with E-state index in [2.05, 4.69) is 53.7 Å². The van der Waals surface area contributed by atoms with E-state index in [0.29, 0.717) is 10.6 Å². The number of thiophene rings is 1. The zero-order chi connectivity index (χ0) is 22.6. The summed E-state index contributed by atoms with van der Waals surface area (Å²) in [5, 5.41) is 13.1. The number of benzene rings is 2. The maximum Gasteiger partial charge on any atom is 0.214 e. The zero-order valence-corrected chi connectivity index (χ0v) is 19.8. The number of para-hydroxylation sites is 1. The quantitative estimate of drug-likeness (QED) is 0.460. The second kappa shape index (κ2) is 7.52. The molecule has 1 aliphatic rings. The Morgan fingerprint density at radius 1 is 0.935 bits per heavy atom. The van der Waals surface area contributed by atoms with Crippen LogP contribution in [0, 0.1) is 0 Å². The maximum atomic E-state index is 13.4. The Labute approximate surface area is 188 Å². The SMILES string of the molecule is CC(C)(C)c1cc([C@H]2c3ccccc3O[C@@H]2C(=O)c2cccs2)cc(C(C)(C)C)c1O. The van der Waals surface area contributed by atoms with Gasteiger partial charge in [-0.25, -0.2) is 0 Å². The standard InChI is InChI=1S/C27H30O3S/c1-26(2,3)18-14-16(15-19(23(18)28)27(4,5)6)22-17-10-7-8-11-20(17)30-25(22)24(29)21-12-9-13-31-21/h7-15,22,25,28H,1-6H3/t22-,25-/m0/s1. The Morgan fingerprint density at radius 3 is 2.10 bits per heavy atom. The fraction of sp³-hybridized carbons (Fsp3) is 0.370. The van der Waals surface area contributed by atoms with Crippen LogP contribution in [0.2, 0.25) is 0 Å². The second-order valence-electron chi connectivity index (χ2n) is 10.4. The van der Waals surface area contributed by atoms with E-state index in [9.17, 15) is 9.90 Å². The molecule has 3 aromatic rings. The van der Waals surface area contributed by atoms with Crippen molar-refractivity contribution in [1.29, 1.82) is 0 Å². The van der Waals surface area contributed by atoms with Crippen molar-refractivity contribution in [3.8, 4) is 11.5 Å². The fourth-order valence-corrected chi connectivity index (χ4v) is 5.00. The summed E-state index contributed by atoms with van der Waals surface area (Å²) in [6.07, 6.45) is -0.624. The van der Waals surface area contributed by atoms with Crippen LogP contribution < -0.4 is 4.74 Å². The van der Waals surface area contributed by atoms with E-state index in [4.69, 9.17) is 4.74 Å². The van der Waals surface area contributed by atoms with Crippen molar-refractivity contribution < 1.29 is 14.6 Å². The first kappa shape index (κ1) is 21.6. The molecule has 1 aliphatic heterocycles. The highest BCUT2D eigenvalue weighted by molar-refractivity contribution is 7.12. The highest BCUT2D eigenvalue weighted by Gasteiger charge is 2.42. The summed E-state index contributed by atoms with van der Waals surface area (Å²) in [5.41, 5.74) is 3.32. The number of phenolic OH excluding ortho intramolecular Hbond substituents is 1. The van der Waals surface area contributed by atoms with Gasteiger partial charge in [-0.2, -0.15) is 0 Å². The van der Waals surface area contributed by atoms with Crippen LogP contribution in [0.1, 0.15) is 79.4 Å². The van der Waals surface area contributed by atoms with E-state index >= 15 is 0 Å². The van der Waals surface area contributed by atoms with Crippen LogP contribution in [0.4, 0.5) is 0 Å². The zero-order valence-electron chi connectivity index (χ0n) is 19.0. The van der Waals surface area contributed by atoms with Crippen molar-refractivity contribution in [2.24, 2.45) is 0 Å². The van der Waals surface area contributed by atoms with E-state index in [1.165, 1.54) is 11.3 Å². The molecule has 3 nitrogen and oxygen atoms in total. The molecule has 0 bridgehead atoms. The molecule has 0 aliphatic carbocycles. The smallest absolute Gasteiger partial charge is 0.214 e. The molecule has 0 saturated carbocycles. The van der Waals surface area contributed by atoms with Crippen LogP contribution in [-0.4, -0.2) is 17.0 Å². The first-order valence-corrected chi connectivity index (χ1v) is 11.6. The lowest BCUT2D eigenvalue weighted by Crippen LogP contribution is -2.30. The number of rotatable bonds is 3. The summed E-state index contributed by atoms with van der Waals surface area (Å²) < 4.78 is 6.24. The number of ketones is 1. The highest BCUT2D eigenvalue weighted by Crippen LogP contribution is 2.47. The van der Waals surface area contributed by atoms with Crippen LogP contribution in [0.5, 0.6) is 11.5 Å². The third kappa shape index (κ3) is 3.89. The molecule has 2 aromatic carbocycles. The Morgan fingerprint density at radius 2 is 1.55 bits per heavy atom. The first-order chi connectivity index (χ1) is 14.5. The number of Topliss-reactive ketones (excluding diaryl/α,β-unsaturated/α-hetero) is 1. The lowest BCUT2D eigenvalue weighted by molar-refractivity contribution is 0.0811. The van der Waals surface area contributed by atoms with Crippen molar-refractivity contribution in [1.82, 2.24) is 0 Å². The molecule has 4 rings (SSSR count). The van der Waals surface area contributed by atoms with Gasteiger partial charge in [0.05, 0.1) is 10.8 Å². The molecule has 31 heavy (non-hydrogen) atoms. The molecule has 2 atom stereocenters. The van der Waals surface area contributed by atoms with Crippen molar-refractivity contribution in [2.75, 3.05) is 0 Å². The number of carbonyl (C=O) groups excluding carboxylic acids is 1. The summed E-state index contributed by atoms with van der Waals surface area (Å²) in [4.78, 5) is 14.1. The Balaban J connectivity index is 1.94. The van der Waals surface area contributed by atoms with Crippen LogP contribution in [0.15, 0.2) is 53.9 Å². The van der Waals surface area contributed by atoms with E-state index in [1.54, 1.807) is 0 Å². The minimum atomic E-state index is -0.624. The molecule has 0 spiro atoms. The van der Waals surface area contributed by atoms with Crippen LogP contribution in [0.3, 0.4) is 0 Å². The molecule has 1 aromatic heterocycles. The highest BCUT2D eigenvalue weighted by atomic mass is 32.1. The number of hydrogen-bond donors (Lipinski definition) is 1. The molecule has 0 unspecified atom stereocenters. The number of ether oxygens (including phenoxy) is 1. The van der Waals surface area contributed by atoms with Gasteiger partial charge in [0.2, 0.25) is 5.78 Å². The minimum Gasteiger partial charge on any atom is -0.507 e. The lowest BCUT2D eigenvalue weighted by atomic mass is 9.75. The molecule has 0 amide bonds. The molecule has 0 saturated heterocycles. The normalized spacial score (nSPS) is 18.5. The van der Waals surface area contributed by atoms with Gasteiger partial charge in [-0.1, -0.05) is 77.9 Å². The fourth-order valence-electron chi connectivity index (χ4n) is 4.31. The van der Waals surface area contributed by atoms with Gasteiger partial charge < -0.3 is 9.84 Å². The van der Waals surface area contributed by atoms with Gasteiger partial charge >= 0.3 is 0 Å². The van der Waals surface area contributed by atoms with E-state index < -0.39 is 6.10 Å². The monoisotopic (exact) mass is 434 g/mol. The Bertz CT molecular complexity index is 1080. The van der Waals surface area contributed by atoms with Crippen LogP contribution in [0.25, 0.3) is 0 Å². The molecule has 162 valence electrons. The predicted molar refractivity (Wildman–Crippen MR) is 127 cm³/mol. The number of carbonyl (C=O) groups is 1. The average molecular weight is 435 g/mol. The largest absolute Gasteiger partial charge is 0.507 e. The number of fused-ring (bicyclic) bond motifs is 1. The summed E-state index contributed by atoms with van der Waals surface area (Å²) in [7, 11) is 0. The van der Waals surface area contributed by atoms with Crippen molar-refractivity contribution in [3.05, 3.63) is 81.0 Å². The lowest BCUT2D eigenvalue weighted by Gasteiger charge is -2.30. The van der Waals surface area contributed by atoms with Gasteiger partial charge in [0, 0.05) is 5.56 Å². The van der Waals surface area contributed by atoms with Gasteiger partial charge in [0.1, 0.15) is 11.5 Å².